The second kappa shape index (κ2) is 6.40. The average molecular weight is 201 g/mol. The lowest BCUT2D eigenvalue weighted by Gasteiger charge is -2.25. The molecule has 1 atom stereocenters. The Kier molecular flexibility index (Phi) is 5.92. The molecular weight excluding hydrogens is 182 g/mol. The number of rotatable bonds is 7. The third kappa shape index (κ3) is 4.25. The van der Waals surface area contributed by atoms with E-state index in [0.29, 0.717) is 19.4 Å². The second-order valence-corrected chi connectivity index (χ2v) is 3.83. The van der Waals surface area contributed by atoms with Crippen molar-refractivity contribution in [2.24, 2.45) is 5.92 Å². The minimum atomic E-state index is -0.917. The first-order chi connectivity index (χ1) is 6.52. The Bertz CT molecular complexity index is 192. The Balaban J connectivity index is 4.43. The molecule has 1 amide bonds. The number of hydrogen-bond acceptors (Lipinski definition) is 2. The van der Waals surface area contributed by atoms with Gasteiger partial charge in [0.1, 0.15) is 6.04 Å². The summed E-state index contributed by atoms with van der Waals surface area (Å²) in [7, 11) is 0. The molecule has 14 heavy (non-hydrogen) atoms. The summed E-state index contributed by atoms with van der Waals surface area (Å²) < 4.78 is 0. The van der Waals surface area contributed by atoms with Gasteiger partial charge in [-0.25, -0.2) is 4.79 Å². The maximum atomic E-state index is 10.9. The lowest BCUT2D eigenvalue weighted by Crippen LogP contribution is -2.41. The second-order valence-electron chi connectivity index (χ2n) is 3.83. The summed E-state index contributed by atoms with van der Waals surface area (Å²) in [6.45, 7) is 6.33. The van der Waals surface area contributed by atoms with E-state index in [1.165, 1.54) is 4.90 Å². The molecule has 4 heteroatoms. The van der Waals surface area contributed by atoms with Crippen LogP contribution in [0.5, 0.6) is 0 Å². The fourth-order valence-corrected chi connectivity index (χ4v) is 1.36. The van der Waals surface area contributed by atoms with Crippen LogP contribution in [-0.4, -0.2) is 35.0 Å². The largest absolute Gasteiger partial charge is 0.480 e. The first-order valence-electron chi connectivity index (χ1n) is 4.96. The van der Waals surface area contributed by atoms with Crippen LogP contribution in [-0.2, 0) is 9.59 Å². The van der Waals surface area contributed by atoms with Crippen LogP contribution < -0.4 is 0 Å². The zero-order chi connectivity index (χ0) is 11.1. The van der Waals surface area contributed by atoms with E-state index >= 15 is 0 Å². The number of carbonyl (C=O) groups is 2. The van der Waals surface area contributed by atoms with Crippen molar-refractivity contribution in [2.45, 2.75) is 39.7 Å². The van der Waals surface area contributed by atoms with Crippen molar-refractivity contribution < 1.29 is 14.7 Å². The lowest BCUT2D eigenvalue weighted by atomic mass is 10.0. The van der Waals surface area contributed by atoms with E-state index in [0.717, 1.165) is 6.42 Å². The van der Waals surface area contributed by atoms with E-state index in [1.807, 2.05) is 20.8 Å². The molecule has 0 aromatic carbocycles. The third-order valence-corrected chi connectivity index (χ3v) is 2.00. The number of aliphatic carboxylic acids is 1. The molecule has 82 valence electrons. The molecule has 1 N–H and O–H groups in total. The van der Waals surface area contributed by atoms with Crippen molar-refractivity contribution in [3.8, 4) is 0 Å². The number of hydrogen-bond donors (Lipinski definition) is 1. The maximum Gasteiger partial charge on any atom is 0.326 e. The number of amides is 1. The molecule has 0 radical (unpaired) electrons. The topological polar surface area (TPSA) is 57.6 Å². The molecule has 0 rings (SSSR count). The molecule has 0 aromatic heterocycles. The predicted octanol–water partition coefficient (Wildman–Crippen LogP) is 1.35. The van der Waals surface area contributed by atoms with E-state index < -0.39 is 12.0 Å². The summed E-state index contributed by atoms with van der Waals surface area (Å²) in [5, 5.41) is 8.95. The Hall–Kier alpha value is -1.06. The highest BCUT2D eigenvalue weighted by Crippen LogP contribution is 2.11. The molecular formula is C10H19NO3. The first kappa shape index (κ1) is 12.9. The smallest absolute Gasteiger partial charge is 0.326 e. The molecule has 0 saturated carbocycles. The van der Waals surface area contributed by atoms with Crippen LogP contribution >= 0.6 is 0 Å². The maximum absolute atomic E-state index is 10.9. The standard InChI is InChI=1S/C10H19NO3/c1-4-5-11(7-12)9(10(13)14)6-8(2)3/h7-9H,4-6H2,1-3H3,(H,13,14). The van der Waals surface area contributed by atoms with Crippen LogP contribution in [0, 0.1) is 5.92 Å². The van der Waals surface area contributed by atoms with Crippen LogP contribution in [0.25, 0.3) is 0 Å². The zero-order valence-electron chi connectivity index (χ0n) is 9.06. The third-order valence-electron chi connectivity index (χ3n) is 2.00. The number of nitrogens with zero attached hydrogens (tertiary/aromatic N) is 1. The first-order valence-corrected chi connectivity index (χ1v) is 4.96. The van der Waals surface area contributed by atoms with Crippen LogP contribution in [0.15, 0.2) is 0 Å². The monoisotopic (exact) mass is 201 g/mol. The fraction of sp³-hybridized carbons (Fsp3) is 0.800. The quantitative estimate of drug-likeness (QED) is 0.633. The van der Waals surface area contributed by atoms with E-state index in [2.05, 4.69) is 0 Å². The van der Waals surface area contributed by atoms with Crippen molar-refractivity contribution >= 4 is 12.4 Å². The lowest BCUT2D eigenvalue weighted by molar-refractivity contribution is -0.147. The van der Waals surface area contributed by atoms with Crippen molar-refractivity contribution in [3.05, 3.63) is 0 Å². The molecule has 0 aromatic rings. The minimum absolute atomic E-state index is 0.274. The Morgan fingerprint density at radius 3 is 2.36 bits per heavy atom. The van der Waals surface area contributed by atoms with Crippen LogP contribution in [0.3, 0.4) is 0 Å². The minimum Gasteiger partial charge on any atom is -0.480 e. The Labute approximate surface area is 84.9 Å². The normalized spacial score (nSPS) is 12.6. The molecule has 0 heterocycles. The molecule has 0 aliphatic heterocycles. The van der Waals surface area contributed by atoms with Gasteiger partial charge in [0.05, 0.1) is 0 Å². The van der Waals surface area contributed by atoms with E-state index in [9.17, 15) is 9.59 Å². The molecule has 0 aliphatic carbocycles. The highest BCUT2D eigenvalue weighted by molar-refractivity contribution is 5.76. The predicted molar refractivity (Wildman–Crippen MR) is 53.9 cm³/mol. The van der Waals surface area contributed by atoms with Gasteiger partial charge >= 0.3 is 5.97 Å². The van der Waals surface area contributed by atoms with Gasteiger partial charge in [-0.1, -0.05) is 20.8 Å². The van der Waals surface area contributed by atoms with Gasteiger partial charge < -0.3 is 10.0 Å². The van der Waals surface area contributed by atoms with Crippen LogP contribution in [0.1, 0.15) is 33.6 Å². The van der Waals surface area contributed by atoms with Crippen molar-refractivity contribution in [1.82, 2.24) is 4.90 Å². The Morgan fingerprint density at radius 1 is 1.50 bits per heavy atom. The number of carboxylic acids is 1. The molecule has 0 bridgehead atoms. The summed E-state index contributed by atoms with van der Waals surface area (Å²) >= 11 is 0. The van der Waals surface area contributed by atoms with Gasteiger partial charge in [0, 0.05) is 6.54 Å². The molecule has 4 nitrogen and oxygen atoms in total. The highest BCUT2D eigenvalue weighted by Gasteiger charge is 2.24. The molecule has 0 fully saturated rings. The van der Waals surface area contributed by atoms with Crippen molar-refractivity contribution in [3.63, 3.8) is 0 Å². The average Bonchev–Trinajstić information content (AvgIpc) is 2.10. The van der Waals surface area contributed by atoms with Gasteiger partial charge in [-0.2, -0.15) is 0 Å². The van der Waals surface area contributed by atoms with Crippen LogP contribution in [0.2, 0.25) is 0 Å². The molecule has 0 aliphatic rings. The molecule has 0 saturated heterocycles. The van der Waals surface area contributed by atoms with E-state index in [4.69, 9.17) is 5.11 Å². The summed E-state index contributed by atoms with van der Waals surface area (Å²) in [4.78, 5) is 23.0. The van der Waals surface area contributed by atoms with Gasteiger partial charge in [0.25, 0.3) is 0 Å². The summed E-state index contributed by atoms with van der Waals surface area (Å²) in [5.74, 6) is -0.644. The highest BCUT2D eigenvalue weighted by atomic mass is 16.4. The number of carboxylic acid groups (broad SMARTS) is 1. The van der Waals surface area contributed by atoms with Crippen molar-refractivity contribution in [1.29, 1.82) is 0 Å². The van der Waals surface area contributed by atoms with Crippen molar-refractivity contribution in [2.75, 3.05) is 6.54 Å². The summed E-state index contributed by atoms with van der Waals surface area (Å²) in [6.07, 6.45) is 1.92. The molecule has 0 spiro atoms. The number of carbonyl (C=O) groups excluding carboxylic acids is 1. The summed E-state index contributed by atoms with van der Waals surface area (Å²) in [5.41, 5.74) is 0. The van der Waals surface area contributed by atoms with Gasteiger partial charge in [-0.3, -0.25) is 4.79 Å². The molecule has 1 unspecified atom stereocenters. The van der Waals surface area contributed by atoms with Gasteiger partial charge in [-0.15, -0.1) is 0 Å². The summed E-state index contributed by atoms with van der Waals surface area (Å²) in [6, 6.07) is -0.674. The van der Waals surface area contributed by atoms with Gasteiger partial charge in [0.2, 0.25) is 6.41 Å². The van der Waals surface area contributed by atoms with Crippen LogP contribution in [0.4, 0.5) is 0 Å². The van der Waals surface area contributed by atoms with Gasteiger partial charge in [-0.05, 0) is 18.8 Å². The van der Waals surface area contributed by atoms with Gasteiger partial charge in [0.15, 0.2) is 0 Å². The van der Waals surface area contributed by atoms with E-state index in [-0.39, 0.29) is 5.92 Å². The van der Waals surface area contributed by atoms with E-state index in [1.54, 1.807) is 0 Å². The fourth-order valence-electron chi connectivity index (χ4n) is 1.36. The SMILES string of the molecule is CCCN(C=O)C(CC(C)C)C(=O)O. The zero-order valence-corrected chi connectivity index (χ0v) is 9.06. The Morgan fingerprint density at radius 2 is 2.07 bits per heavy atom.